The first kappa shape index (κ1) is 10.8. The van der Waals surface area contributed by atoms with Gasteiger partial charge in [-0.1, -0.05) is 13.0 Å². The van der Waals surface area contributed by atoms with Crippen molar-refractivity contribution < 1.29 is 4.42 Å². The first-order chi connectivity index (χ1) is 8.28. The van der Waals surface area contributed by atoms with Crippen LogP contribution < -0.4 is 5.32 Å². The van der Waals surface area contributed by atoms with E-state index in [4.69, 9.17) is 4.42 Å². The maximum absolute atomic E-state index is 5.91. The molecule has 2 nitrogen and oxygen atoms in total. The monoisotopic (exact) mass is 229 g/mol. The molecule has 2 aromatic rings. The zero-order valence-corrected chi connectivity index (χ0v) is 10.5. The van der Waals surface area contributed by atoms with Crippen LogP contribution >= 0.6 is 0 Å². The van der Waals surface area contributed by atoms with E-state index in [2.05, 4.69) is 37.4 Å². The van der Waals surface area contributed by atoms with Gasteiger partial charge in [-0.25, -0.2) is 0 Å². The molecule has 0 amide bonds. The fourth-order valence-electron chi connectivity index (χ4n) is 2.23. The Hall–Kier alpha value is -1.28. The summed E-state index contributed by atoms with van der Waals surface area (Å²) in [5.41, 5.74) is 3.69. The molecule has 90 valence electrons. The number of furan rings is 1. The lowest BCUT2D eigenvalue weighted by atomic mass is 10.1. The average molecular weight is 229 g/mol. The van der Waals surface area contributed by atoms with Gasteiger partial charge < -0.3 is 9.73 Å². The fraction of sp³-hybridized carbons (Fsp3) is 0.467. The highest BCUT2D eigenvalue weighted by atomic mass is 16.3. The highest BCUT2D eigenvalue weighted by molar-refractivity contribution is 5.82. The topological polar surface area (TPSA) is 25.2 Å². The van der Waals surface area contributed by atoms with E-state index >= 15 is 0 Å². The lowest BCUT2D eigenvalue weighted by Crippen LogP contribution is -2.15. The van der Waals surface area contributed by atoms with E-state index in [0.29, 0.717) is 0 Å². The summed E-state index contributed by atoms with van der Waals surface area (Å²) in [6, 6.07) is 7.24. The van der Waals surface area contributed by atoms with Gasteiger partial charge in [0.2, 0.25) is 0 Å². The van der Waals surface area contributed by atoms with E-state index in [-0.39, 0.29) is 0 Å². The Kier molecular flexibility index (Phi) is 2.67. The molecule has 1 saturated carbocycles. The van der Waals surface area contributed by atoms with Gasteiger partial charge in [-0.05, 0) is 49.4 Å². The van der Waals surface area contributed by atoms with Crippen LogP contribution in [0.3, 0.4) is 0 Å². The van der Waals surface area contributed by atoms with Crippen molar-refractivity contribution >= 4 is 11.0 Å². The first-order valence-corrected chi connectivity index (χ1v) is 6.52. The van der Waals surface area contributed by atoms with Gasteiger partial charge in [-0.3, -0.25) is 0 Å². The molecule has 0 radical (unpaired) electrons. The van der Waals surface area contributed by atoms with E-state index in [0.717, 1.165) is 30.4 Å². The quantitative estimate of drug-likeness (QED) is 0.867. The SMILES string of the molecule is CCc1ccc2oc(CNC3CC3)c(C)c2c1. The van der Waals surface area contributed by atoms with Crippen LogP contribution in [0.5, 0.6) is 0 Å². The van der Waals surface area contributed by atoms with Gasteiger partial charge in [0.05, 0.1) is 6.54 Å². The van der Waals surface area contributed by atoms with Crippen LogP contribution in [0, 0.1) is 6.92 Å². The Morgan fingerprint density at radius 2 is 2.18 bits per heavy atom. The molecule has 1 N–H and O–H groups in total. The molecule has 1 aromatic heterocycles. The molecule has 1 fully saturated rings. The van der Waals surface area contributed by atoms with Gasteiger partial charge in [0.1, 0.15) is 11.3 Å². The third kappa shape index (κ3) is 2.09. The summed E-state index contributed by atoms with van der Waals surface area (Å²) in [7, 11) is 0. The summed E-state index contributed by atoms with van der Waals surface area (Å²) in [6.45, 7) is 5.22. The molecule has 0 atom stereocenters. The second kappa shape index (κ2) is 4.19. The van der Waals surface area contributed by atoms with Crippen LogP contribution in [-0.2, 0) is 13.0 Å². The number of benzene rings is 1. The number of fused-ring (bicyclic) bond motifs is 1. The predicted octanol–water partition coefficient (Wildman–Crippen LogP) is 3.56. The molecule has 0 spiro atoms. The molecule has 1 aromatic carbocycles. The standard InChI is InChI=1S/C15H19NO/c1-3-11-4-7-14-13(8-11)10(2)15(17-14)9-16-12-5-6-12/h4,7-8,12,16H,3,5-6,9H2,1-2H3. The minimum Gasteiger partial charge on any atom is -0.459 e. The Morgan fingerprint density at radius 1 is 1.35 bits per heavy atom. The maximum atomic E-state index is 5.91. The molecular formula is C15H19NO. The molecule has 1 aliphatic carbocycles. The van der Waals surface area contributed by atoms with Gasteiger partial charge in [-0.15, -0.1) is 0 Å². The Morgan fingerprint density at radius 3 is 2.88 bits per heavy atom. The third-order valence-electron chi connectivity index (χ3n) is 3.64. The molecule has 1 heterocycles. The van der Waals surface area contributed by atoms with Crippen molar-refractivity contribution in [2.75, 3.05) is 0 Å². The van der Waals surface area contributed by atoms with Crippen LogP contribution in [-0.4, -0.2) is 6.04 Å². The van der Waals surface area contributed by atoms with Crippen molar-refractivity contribution in [2.45, 2.75) is 45.7 Å². The van der Waals surface area contributed by atoms with Crippen molar-refractivity contribution in [3.8, 4) is 0 Å². The third-order valence-corrected chi connectivity index (χ3v) is 3.64. The summed E-state index contributed by atoms with van der Waals surface area (Å²) >= 11 is 0. The van der Waals surface area contributed by atoms with Gasteiger partial charge >= 0.3 is 0 Å². The molecule has 2 heteroatoms. The van der Waals surface area contributed by atoms with Crippen molar-refractivity contribution in [1.82, 2.24) is 5.32 Å². The summed E-state index contributed by atoms with van der Waals surface area (Å²) in [4.78, 5) is 0. The molecular weight excluding hydrogens is 210 g/mol. The molecule has 3 rings (SSSR count). The second-order valence-electron chi connectivity index (χ2n) is 4.99. The highest BCUT2D eigenvalue weighted by Gasteiger charge is 2.21. The molecule has 1 aliphatic rings. The lowest BCUT2D eigenvalue weighted by molar-refractivity contribution is 0.509. The average Bonchev–Trinajstić information content (AvgIpc) is 3.13. The minimum absolute atomic E-state index is 0.730. The predicted molar refractivity (Wildman–Crippen MR) is 70.2 cm³/mol. The Bertz CT molecular complexity index is 537. The largest absolute Gasteiger partial charge is 0.459 e. The minimum atomic E-state index is 0.730. The van der Waals surface area contributed by atoms with Crippen molar-refractivity contribution in [1.29, 1.82) is 0 Å². The normalized spacial score (nSPS) is 15.6. The molecule has 17 heavy (non-hydrogen) atoms. The maximum Gasteiger partial charge on any atom is 0.134 e. The summed E-state index contributed by atoms with van der Waals surface area (Å²) < 4.78 is 5.91. The fourth-order valence-corrected chi connectivity index (χ4v) is 2.23. The highest BCUT2D eigenvalue weighted by Crippen LogP contribution is 2.27. The van der Waals surface area contributed by atoms with Crippen molar-refractivity contribution in [3.63, 3.8) is 0 Å². The number of nitrogens with one attached hydrogen (secondary N) is 1. The molecule has 0 unspecified atom stereocenters. The summed E-state index contributed by atoms with van der Waals surface area (Å²) in [6.07, 6.45) is 3.72. The number of aryl methyl sites for hydroxylation is 2. The zero-order chi connectivity index (χ0) is 11.8. The van der Waals surface area contributed by atoms with Gasteiger partial charge in [0.15, 0.2) is 0 Å². The van der Waals surface area contributed by atoms with E-state index in [9.17, 15) is 0 Å². The zero-order valence-electron chi connectivity index (χ0n) is 10.5. The van der Waals surface area contributed by atoms with E-state index in [1.165, 1.54) is 29.4 Å². The Labute approximate surface area is 102 Å². The second-order valence-corrected chi connectivity index (χ2v) is 4.99. The van der Waals surface area contributed by atoms with Crippen LogP contribution in [0.4, 0.5) is 0 Å². The van der Waals surface area contributed by atoms with Crippen LogP contribution in [0.2, 0.25) is 0 Å². The van der Waals surface area contributed by atoms with E-state index < -0.39 is 0 Å². The van der Waals surface area contributed by atoms with Crippen LogP contribution in [0.15, 0.2) is 22.6 Å². The van der Waals surface area contributed by atoms with Gasteiger partial charge in [0, 0.05) is 11.4 Å². The van der Waals surface area contributed by atoms with Crippen molar-refractivity contribution in [3.05, 3.63) is 35.1 Å². The summed E-state index contributed by atoms with van der Waals surface area (Å²) in [5.74, 6) is 1.10. The number of rotatable bonds is 4. The smallest absolute Gasteiger partial charge is 0.134 e. The number of hydrogen-bond donors (Lipinski definition) is 1. The van der Waals surface area contributed by atoms with Crippen molar-refractivity contribution in [2.24, 2.45) is 0 Å². The molecule has 0 saturated heterocycles. The first-order valence-electron chi connectivity index (χ1n) is 6.52. The molecule has 0 aliphatic heterocycles. The van der Waals surface area contributed by atoms with Gasteiger partial charge in [-0.2, -0.15) is 0 Å². The molecule has 0 bridgehead atoms. The lowest BCUT2D eigenvalue weighted by Gasteiger charge is -1.99. The van der Waals surface area contributed by atoms with Crippen LogP contribution in [0.25, 0.3) is 11.0 Å². The number of hydrogen-bond acceptors (Lipinski definition) is 2. The summed E-state index contributed by atoms with van der Waals surface area (Å²) in [5, 5.41) is 4.78. The van der Waals surface area contributed by atoms with E-state index in [1.807, 2.05) is 0 Å². The van der Waals surface area contributed by atoms with Crippen LogP contribution in [0.1, 0.15) is 36.7 Å². The van der Waals surface area contributed by atoms with Gasteiger partial charge in [0.25, 0.3) is 0 Å². The Balaban J connectivity index is 1.92. The van der Waals surface area contributed by atoms with E-state index in [1.54, 1.807) is 0 Å².